The highest BCUT2D eigenvalue weighted by atomic mass is 16.1. The number of anilines is 1. The second kappa shape index (κ2) is 4.65. The molecule has 0 radical (unpaired) electrons. The van der Waals surface area contributed by atoms with Crippen molar-refractivity contribution in [1.29, 1.82) is 0 Å². The topological polar surface area (TPSA) is 75.0 Å². The number of hydrogen-bond acceptors (Lipinski definition) is 4. The highest BCUT2D eigenvalue weighted by Crippen LogP contribution is 2.19. The van der Waals surface area contributed by atoms with Crippen LogP contribution >= 0.6 is 0 Å². The van der Waals surface area contributed by atoms with Crippen LogP contribution in [0.1, 0.15) is 18.7 Å². The van der Waals surface area contributed by atoms with Gasteiger partial charge >= 0.3 is 0 Å². The second-order valence-corrected chi connectivity index (χ2v) is 4.38. The minimum atomic E-state index is -0.0858. The van der Waals surface area contributed by atoms with Crippen molar-refractivity contribution in [3.63, 3.8) is 0 Å². The molecule has 0 amide bonds. The van der Waals surface area contributed by atoms with Crippen LogP contribution in [0.2, 0.25) is 0 Å². The molecule has 1 fully saturated rings. The number of aromatic nitrogens is 2. The first-order valence-corrected chi connectivity index (χ1v) is 5.72. The molecule has 0 spiro atoms. The Morgan fingerprint density at radius 1 is 1.69 bits per heavy atom. The zero-order valence-corrected chi connectivity index (χ0v) is 9.57. The van der Waals surface area contributed by atoms with Crippen LogP contribution in [0.15, 0.2) is 10.9 Å². The van der Waals surface area contributed by atoms with Gasteiger partial charge in [0.25, 0.3) is 5.56 Å². The van der Waals surface area contributed by atoms with Crippen molar-refractivity contribution in [3.05, 3.63) is 22.2 Å². The summed E-state index contributed by atoms with van der Waals surface area (Å²) >= 11 is 0. The van der Waals surface area contributed by atoms with Gasteiger partial charge in [0.15, 0.2) is 0 Å². The number of nitrogens with zero attached hydrogens (tertiary/aromatic N) is 2. The fraction of sp³-hybridized carbons (Fsp3) is 0.636. The maximum atomic E-state index is 11.4. The summed E-state index contributed by atoms with van der Waals surface area (Å²) in [4.78, 5) is 20.5. The van der Waals surface area contributed by atoms with Crippen molar-refractivity contribution < 1.29 is 0 Å². The van der Waals surface area contributed by atoms with Crippen LogP contribution in [-0.4, -0.2) is 29.6 Å². The Hall–Kier alpha value is -1.36. The molecule has 1 aliphatic rings. The van der Waals surface area contributed by atoms with Crippen molar-refractivity contribution in [2.24, 2.45) is 11.7 Å². The highest BCUT2D eigenvalue weighted by Gasteiger charge is 2.20. The third kappa shape index (κ3) is 2.41. The van der Waals surface area contributed by atoms with Crippen molar-refractivity contribution in [2.75, 3.05) is 24.5 Å². The third-order valence-corrected chi connectivity index (χ3v) is 3.02. The van der Waals surface area contributed by atoms with Crippen LogP contribution in [0.3, 0.4) is 0 Å². The lowest BCUT2D eigenvalue weighted by molar-refractivity contribution is 0.421. The number of nitrogens with two attached hydrogens (primary N) is 1. The van der Waals surface area contributed by atoms with Gasteiger partial charge in [-0.2, -0.15) is 0 Å². The predicted molar refractivity (Wildman–Crippen MR) is 63.6 cm³/mol. The Morgan fingerprint density at radius 3 is 3.19 bits per heavy atom. The number of aryl methyl sites for hydroxylation is 1. The molecule has 2 rings (SSSR count). The lowest BCUT2D eigenvalue weighted by Gasteiger charge is -2.32. The van der Waals surface area contributed by atoms with E-state index in [-0.39, 0.29) is 5.56 Å². The zero-order chi connectivity index (χ0) is 11.5. The van der Waals surface area contributed by atoms with Gasteiger partial charge in [0.2, 0.25) is 0 Å². The molecule has 5 heteroatoms. The number of H-pyrrole nitrogens is 1. The van der Waals surface area contributed by atoms with Gasteiger partial charge in [-0.05, 0) is 32.2 Å². The van der Waals surface area contributed by atoms with Crippen LogP contribution in [0, 0.1) is 12.8 Å². The fourth-order valence-corrected chi connectivity index (χ4v) is 2.19. The van der Waals surface area contributed by atoms with E-state index in [9.17, 15) is 4.79 Å². The van der Waals surface area contributed by atoms with Crippen molar-refractivity contribution in [1.82, 2.24) is 9.97 Å². The summed E-state index contributed by atoms with van der Waals surface area (Å²) in [7, 11) is 0. The van der Waals surface area contributed by atoms with E-state index >= 15 is 0 Å². The van der Waals surface area contributed by atoms with E-state index in [4.69, 9.17) is 5.73 Å². The predicted octanol–water partition coefficient (Wildman–Crippen LogP) is 0.253. The van der Waals surface area contributed by atoms with E-state index in [2.05, 4.69) is 14.9 Å². The Kier molecular flexibility index (Phi) is 3.24. The summed E-state index contributed by atoms with van der Waals surface area (Å²) in [5.41, 5.74) is 5.60. The normalized spacial score (nSPS) is 21.1. The van der Waals surface area contributed by atoms with E-state index in [0.717, 1.165) is 25.3 Å². The van der Waals surface area contributed by atoms with Gasteiger partial charge in [0, 0.05) is 19.2 Å². The number of rotatable bonds is 2. The standard InChI is InChI=1S/C11H18N4O/c1-8-13-10(5-11(16)14-8)15-4-2-3-9(6-12)7-15/h5,9H,2-4,6-7,12H2,1H3,(H,13,14,16). The first-order chi connectivity index (χ1) is 7.69. The lowest BCUT2D eigenvalue weighted by Crippen LogP contribution is -2.39. The number of nitrogens with one attached hydrogen (secondary N) is 1. The van der Waals surface area contributed by atoms with Gasteiger partial charge in [0.1, 0.15) is 11.6 Å². The summed E-state index contributed by atoms with van der Waals surface area (Å²) in [6, 6.07) is 1.56. The molecule has 0 bridgehead atoms. The first kappa shape index (κ1) is 11.1. The van der Waals surface area contributed by atoms with Crippen LogP contribution in [0.25, 0.3) is 0 Å². The van der Waals surface area contributed by atoms with Gasteiger partial charge in [-0.3, -0.25) is 4.79 Å². The average molecular weight is 222 g/mol. The molecule has 0 aliphatic carbocycles. The van der Waals surface area contributed by atoms with Crippen LogP contribution in [0.5, 0.6) is 0 Å². The average Bonchev–Trinajstić information content (AvgIpc) is 2.28. The fourth-order valence-electron chi connectivity index (χ4n) is 2.19. The third-order valence-electron chi connectivity index (χ3n) is 3.02. The summed E-state index contributed by atoms with van der Waals surface area (Å²) in [5.74, 6) is 1.96. The summed E-state index contributed by atoms with van der Waals surface area (Å²) in [5, 5.41) is 0. The SMILES string of the molecule is Cc1nc(N2CCCC(CN)C2)cc(=O)[nH]1. The molecule has 0 aromatic carbocycles. The van der Waals surface area contributed by atoms with Crippen LogP contribution < -0.4 is 16.2 Å². The molecule has 1 aromatic rings. The van der Waals surface area contributed by atoms with Gasteiger partial charge in [-0.1, -0.05) is 0 Å². The molecule has 1 saturated heterocycles. The molecular weight excluding hydrogens is 204 g/mol. The summed E-state index contributed by atoms with van der Waals surface area (Å²) in [6.45, 7) is 4.38. The molecule has 88 valence electrons. The number of aromatic amines is 1. The zero-order valence-electron chi connectivity index (χ0n) is 9.57. The van der Waals surface area contributed by atoms with E-state index in [0.29, 0.717) is 18.3 Å². The van der Waals surface area contributed by atoms with Gasteiger partial charge in [-0.15, -0.1) is 0 Å². The van der Waals surface area contributed by atoms with Gasteiger partial charge in [-0.25, -0.2) is 4.98 Å². The van der Waals surface area contributed by atoms with Crippen molar-refractivity contribution in [3.8, 4) is 0 Å². The molecule has 16 heavy (non-hydrogen) atoms. The minimum absolute atomic E-state index is 0.0858. The van der Waals surface area contributed by atoms with E-state index in [1.165, 1.54) is 6.42 Å². The monoisotopic (exact) mass is 222 g/mol. The molecule has 5 nitrogen and oxygen atoms in total. The molecule has 0 saturated carbocycles. The Morgan fingerprint density at radius 2 is 2.50 bits per heavy atom. The van der Waals surface area contributed by atoms with E-state index < -0.39 is 0 Å². The number of hydrogen-bond donors (Lipinski definition) is 2. The Balaban J connectivity index is 2.19. The Bertz CT molecular complexity index is 415. The summed E-state index contributed by atoms with van der Waals surface area (Å²) < 4.78 is 0. The molecule has 3 N–H and O–H groups in total. The first-order valence-electron chi connectivity index (χ1n) is 5.72. The van der Waals surface area contributed by atoms with Crippen LogP contribution in [-0.2, 0) is 0 Å². The molecule has 1 unspecified atom stereocenters. The van der Waals surface area contributed by atoms with Crippen LogP contribution in [0.4, 0.5) is 5.82 Å². The van der Waals surface area contributed by atoms with Gasteiger partial charge in [0.05, 0.1) is 0 Å². The minimum Gasteiger partial charge on any atom is -0.356 e. The molecular formula is C11H18N4O. The van der Waals surface area contributed by atoms with Gasteiger partial charge < -0.3 is 15.6 Å². The molecule has 1 aromatic heterocycles. The van der Waals surface area contributed by atoms with E-state index in [1.54, 1.807) is 13.0 Å². The largest absolute Gasteiger partial charge is 0.356 e. The maximum Gasteiger partial charge on any atom is 0.252 e. The number of piperidine rings is 1. The van der Waals surface area contributed by atoms with Crippen molar-refractivity contribution in [2.45, 2.75) is 19.8 Å². The molecule has 1 atom stereocenters. The van der Waals surface area contributed by atoms with Crippen molar-refractivity contribution >= 4 is 5.82 Å². The second-order valence-electron chi connectivity index (χ2n) is 4.38. The Labute approximate surface area is 94.7 Å². The molecule has 2 heterocycles. The maximum absolute atomic E-state index is 11.4. The quantitative estimate of drug-likeness (QED) is 0.752. The van der Waals surface area contributed by atoms with E-state index in [1.807, 2.05) is 0 Å². The highest BCUT2D eigenvalue weighted by molar-refractivity contribution is 5.37. The lowest BCUT2D eigenvalue weighted by atomic mass is 9.98. The smallest absolute Gasteiger partial charge is 0.252 e. The summed E-state index contributed by atoms with van der Waals surface area (Å²) in [6.07, 6.45) is 2.30. The molecule has 1 aliphatic heterocycles.